The Morgan fingerprint density at radius 1 is 1.16 bits per heavy atom. The van der Waals surface area contributed by atoms with Crippen molar-refractivity contribution >= 4 is 64.9 Å². The number of aromatic nitrogens is 2. The van der Waals surface area contributed by atoms with Crippen LogP contribution in [0.1, 0.15) is 51.4 Å². The summed E-state index contributed by atoms with van der Waals surface area (Å²) in [7, 11) is 1.58. The number of benzene rings is 2. The Morgan fingerprint density at radius 3 is 2.50 bits per heavy atom. The number of halogens is 3. The summed E-state index contributed by atoms with van der Waals surface area (Å²) in [5.41, 5.74) is 1.16. The molecule has 1 atom stereocenters. The first-order chi connectivity index (χ1) is 15.2. The van der Waals surface area contributed by atoms with E-state index < -0.39 is 0 Å². The molecule has 0 aliphatic carbocycles. The molecular formula is C23H24Br3N3O3. The molecular weight excluding hydrogens is 606 g/mol. The molecule has 0 N–H and O–H groups in total. The second-order valence-corrected chi connectivity index (χ2v) is 10.1. The van der Waals surface area contributed by atoms with Crippen molar-refractivity contribution < 1.29 is 9.47 Å². The van der Waals surface area contributed by atoms with Crippen molar-refractivity contribution in [3.05, 3.63) is 59.4 Å². The Labute approximate surface area is 212 Å². The molecule has 2 aromatic carbocycles. The molecule has 0 aliphatic heterocycles. The van der Waals surface area contributed by atoms with Crippen LogP contribution < -0.4 is 15.0 Å². The van der Waals surface area contributed by atoms with Crippen molar-refractivity contribution in [2.75, 3.05) is 7.11 Å². The Balaban J connectivity index is 2.19. The van der Waals surface area contributed by atoms with Gasteiger partial charge in [0.05, 0.1) is 34.8 Å². The molecule has 0 fully saturated rings. The highest BCUT2D eigenvalue weighted by molar-refractivity contribution is 9.13. The lowest BCUT2D eigenvalue weighted by molar-refractivity contribution is 0.228. The van der Waals surface area contributed by atoms with Crippen LogP contribution in [0.25, 0.3) is 10.9 Å². The van der Waals surface area contributed by atoms with Crippen molar-refractivity contribution in [2.24, 2.45) is 5.10 Å². The molecule has 0 amide bonds. The molecule has 0 aliphatic rings. The summed E-state index contributed by atoms with van der Waals surface area (Å²) in [6.07, 6.45) is 2.43. The SMILES string of the molecule is CC[C@H](C)c1nc2ccc(Br)cc2c(=O)n1N=Cc1cc(OC)c(OC(C)C)c(Br)c1Br. The van der Waals surface area contributed by atoms with Crippen molar-refractivity contribution in [3.8, 4) is 11.5 Å². The highest BCUT2D eigenvalue weighted by Gasteiger charge is 2.19. The van der Waals surface area contributed by atoms with Gasteiger partial charge in [-0.25, -0.2) is 4.98 Å². The Morgan fingerprint density at radius 2 is 1.88 bits per heavy atom. The van der Waals surface area contributed by atoms with Crippen molar-refractivity contribution in [1.82, 2.24) is 9.66 Å². The fraction of sp³-hybridized carbons (Fsp3) is 0.348. The fourth-order valence-corrected chi connectivity index (χ4v) is 4.37. The Bertz CT molecular complexity index is 1240. The molecule has 0 saturated carbocycles. The smallest absolute Gasteiger partial charge is 0.282 e. The number of nitrogens with zero attached hydrogens (tertiary/aromatic N) is 3. The summed E-state index contributed by atoms with van der Waals surface area (Å²) in [5.74, 6) is 1.83. The zero-order valence-corrected chi connectivity index (χ0v) is 23.2. The molecule has 32 heavy (non-hydrogen) atoms. The summed E-state index contributed by atoms with van der Waals surface area (Å²) in [6, 6.07) is 7.30. The second kappa shape index (κ2) is 10.5. The van der Waals surface area contributed by atoms with Gasteiger partial charge in [0.2, 0.25) is 0 Å². The van der Waals surface area contributed by atoms with Gasteiger partial charge < -0.3 is 9.47 Å². The van der Waals surface area contributed by atoms with E-state index in [1.807, 2.05) is 39.0 Å². The van der Waals surface area contributed by atoms with E-state index in [0.717, 1.165) is 20.9 Å². The lowest BCUT2D eigenvalue weighted by atomic mass is 10.1. The molecule has 3 rings (SSSR count). The molecule has 0 radical (unpaired) electrons. The minimum atomic E-state index is -0.218. The molecule has 0 spiro atoms. The van der Waals surface area contributed by atoms with Crippen LogP contribution in [0.3, 0.4) is 0 Å². The molecule has 170 valence electrons. The summed E-state index contributed by atoms with van der Waals surface area (Å²) in [4.78, 5) is 18.1. The normalized spacial score (nSPS) is 12.7. The second-order valence-electron chi connectivity index (χ2n) is 7.59. The maximum Gasteiger partial charge on any atom is 0.282 e. The maximum atomic E-state index is 13.3. The molecule has 0 unspecified atom stereocenters. The number of rotatable bonds is 7. The summed E-state index contributed by atoms with van der Waals surface area (Å²) >= 11 is 10.6. The van der Waals surface area contributed by atoms with Gasteiger partial charge in [-0.3, -0.25) is 4.79 Å². The van der Waals surface area contributed by atoms with Crippen molar-refractivity contribution in [3.63, 3.8) is 0 Å². The van der Waals surface area contributed by atoms with E-state index in [9.17, 15) is 4.79 Å². The van der Waals surface area contributed by atoms with Crippen LogP contribution in [-0.4, -0.2) is 29.1 Å². The minimum Gasteiger partial charge on any atom is -0.493 e. The largest absolute Gasteiger partial charge is 0.493 e. The molecule has 6 nitrogen and oxygen atoms in total. The van der Waals surface area contributed by atoms with E-state index in [-0.39, 0.29) is 17.6 Å². The topological polar surface area (TPSA) is 65.7 Å². The third kappa shape index (κ3) is 5.10. The number of methoxy groups -OCH3 is 1. The Kier molecular flexibility index (Phi) is 8.16. The number of hydrogen-bond acceptors (Lipinski definition) is 5. The van der Waals surface area contributed by atoms with Crippen LogP contribution in [0.5, 0.6) is 11.5 Å². The predicted octanol–water partition coefficient (Wildman–Crippen LogP) is 6.88. The standard InChI is InChI=1S/C23H24Br3N3O3/c1-6-13(4)22-28-17-8-7-15(24)10-16(17)23(30)29(22)27-11-14-9-18(31-5)21(32-12(2)3)20(26)19(14)25/h7-13H,6H2,1-5H3/t13-/m0/s1. The molecule has 0 saturated heterocycles. The predicted molar refractivity (Wildman–Crippen MR) is 140 cm³/mol. The van der Waals surface area contributed by atoms with Gasteiger partial charge >= 0.3 is 0 Å². The van der Waals surface area contributed by atoms with E-state index in [1.54, 1.807) is 19.4 Å². The van der Waals surface area contributed by atoms with E-state index in [1.165, 1.54) is 4.68 Å². The van der Waals surface area contributed by atoms with E-state index in [2.05, 4.69) is 59.8 Å². The lowest BCUT2D eigenvalue weighted by Gasteiger charge is -2.17. The third-order valence-corrected chi connectivity index (χ3v) is 7.56. The highest BCUT2D eigenvalue weighted by atomic mass is 79.9. The van der Waals surface area contributed by atoms with Crippen LogP contribution in [0.4, 0.5) is 0 Å². The first-order valence-corrected chi connectivity index (χ1v) is 12.5. The van der Waals surface area contributed by atoms with Gasteiger partial charge in [-0.2, -0.15) is 9.78 Å². The van der Waals surface area contributed by atoms with E-state index in [4.69, 9.17) is 14.5 Å². The summed E-state index contributed by atoms with van der Waals surface area (Å²) < 4.78 is 15.1. The van der Waals surface area contributed by atoms with Gasteiger partial charge in [-0.05, 0) is 76.4 Å². The van der Waals surface area contributed by atoms with Gasteiger partial charge in [0.15, 0.2) is 11.5 Å². The molecule has 0 bridgehead atoms. The van der Waals surface area contributed by atoms with E-state index in [0.29, 0.717) is 32.7 Å². The molecule has 1 heterocycles. The van der Waals surface area contributed by atoms with Crippen LogP contribution in [0, 0.1) is 0 Å². The molecule has 1 aromatic heterocycles. The first kappa shape index (κ1) is 24.9. The quantitative estimate of drug-likeness (QED) is 0.268. The third-order valence-electron chi connectivity index (χ3n) is 4.93. The fourth-order valence-electron chi connectivity index (χ4n) is 3.09. The summed E-state index contributed by atoms with van der Waals surface area (Å²) in [6.45, 7) is 7.99. The average molecular weight is 630 g/mol. The van der Waals surface area contributed by atoms with Gasteiger partial charge in [0, 0.05) is 20.4 Å². The van der Waals surface area contributed by atoms with Crippen LogP contribution in [0.15, 0.2) is 47.6 Å². The molecule has 3 aromatic rings. The van der Waals surface area contributed by atoms with Crippen molar-refractivity contribution in [2.45, 2.75) is 46.1 Å². The average Bonchev–Trinajstić information content (AvgIpc) is 2.76. The van der Waals surface area contributed by atoms with Crippen LogP contribution in [0.2, 0.25) is 0 Å². The van der Waals surface area contributed by atoms with Crippen LogP contribution in [-0.2, 0) is 0 Å². The zero-order valence-electron chi connectivity index (χ0n) is 18.4. The maximum absolute atomic E-state index is 13.3. The van der Waals surface area contributed by atoms with Crippen molar-refractivity contribution in [1.29, 1.82) is 0 Å². The monoisotopic (exact) mass is 627 g/mol. The molecule has 9 heteroatoms. The zero-order chi connectivity index (χ0) is 23.6. The summed E-state index contributed by atoms with van der Waals surface area (Å²) in [5, 5.41) is 5.05. The van der Waals surface area contributed by atoms with Gasteiger partial charge in [-0.15, -0.1) is 0 Å². The Hall–Kier alpha value is -1.71. The van der Waals surface area contributed by atoms with E-state index >= 15 is 0 Å². The minimum absolute atomic E-state index is 0.0220. The number of ether oxygens (including phenoxy) is 2. The lowest BCUT2D eigenvalue weighted by Crippen LogP contribution is -2.23. The highest BCUT2D eigenvalue weighted by Crippen LogP contribution is 2.42. The van der Waals surface area contributed by atoms with Gasteiger partial charge in [-0.1, -0.05) is 29.8 Å². The van der Waals surface area contributed by atoms with Gasteiger partial charge in [0.25, 0.3) is 5.56 Å². The van der Waals surface area contributed by atoms with Gasteiger partial charge in [0.1, 0.15) is 5.82 Å². The number of hydrogen-bond donors (Lipinski definition) is 0. The first-order valence-electron chi connectivity index (χ1n) is 10.2. The van der Waals surface area contributed by atoms with Crippen LogP contribution >= 0.6 is 47.8 Å². The number of fused-ring (bicyclic) bond motifs is 1.